The van der Waals surface area contributed by atoms with Crippen molar-refractivity contribution in [3.8, 4) is 11.5 Å². The van der Waals surface area contributed by atoms with Crippen molar-refractivity contribution in [2.45, 2.75) is 91.5 Å². The molecule has 3 N–H and O–H groups in total. The highest BCUT2D eigenvalue weighted by atomic mass is 16.5. The highest BCUT2D eigenvalue weighted by Gasteiger charge is 2.27. The lowest BCUT2D eigenvalue weighted by Crippen LogP contribution is -2.38. The zero-order valence-electron chi connectivity index (χ0n) is 22.6. The summed E-state index contributed by atoms with van der Waals surface area (Å²) in [6.45, 7) is 10.7. The summed E-state index contributed by atoms with van der Waals surface area (Å²) in [6, 6.07) is 3.89. The van der Waals surface area contributed by atoms with E-state index in [1.54, 1.807) is 27.2 Å². The third kappa shape index (κ3) is 10.8. The fourth-order valence-corrected chi connectivity index (χ4v) is 3.75. The molecule has 0 radical (unpaired) electrons. The van der Waals surface area contributed by atoms with E-state index in [0.717, 1.165) is 39.3 Å². The molecular weight excluding hydrogens is 444 g/mol. The van der Waals surface area contributed by atoms with Gasteiger partial charge in [-0.05, 0) is 90.2 Å². The molecule has 0 bridgehead atoms. The van der Waals surface area contributed by atoms with E-state index in [0.29, 0.717) is 25.7 Å². The zero-order chi connectivity index (χ0) is 26.8. The van der Waals surface area contributed by atoms with Crippen LogP contribution < -0.4 is 9.47 Å². The summed E-state index contributed by atoms with van der Waals surface area (Å²) in [5.41, 5.74) is 3.48. The van der Waals surface area contributed by atoms with Crippen molar-refractivity contribution in [3.05, 3.63) is 58.2 Å². The molecule has 0 spiro atoms. The molecule has 0 fully saturated rings. The average Bonchev–Trinajstić information content (AvgIpc) is 2.76. The first kappa shape index (κ1) is 30.6. The van der Waals surface area contributed by atoms with Crippen LogP contribution in [0.25, 0.3) is 0 Å². The van der Waals surface area contributed by atoms with Crippen molar-refractivity contribution in [1.82, 2.24) is 0 Å². The summed E-state index contributed by atoms with van der Waals surface area (Å²) in [5, 5.41) is 30.0. The van der Waals surface area contributed by atoms with Gasteiger partial charge < -0.3 is 24.8 Å². The fourth-order valence-electron chi connectivity index (χ4n) is 3.75. The lowest BCUT2D eigenvalue weighted by atomic mass is 9.93. The topological polar surface area (TPSA) is 96.2 Å². The Balaban J connectivity index is 2.64. The first-order valence-corrected chi connectivity index (χ1v) is 12.1. The van der Waals surface area contributed by atoms with E-state index >= 15 is 0 Å². The van der Waals surface area contributed by atoms with Crippen LogP contribution in [0.2, 0.25) is 0 Å². The molecular formula is C29H44O6. The first-order chi connectivity index (χ1) is 16.3. The number of methoxy groups -OCH3 is 2. The van der Waals surface area contributed by atoms with Gasteiger partial charge in [0.25, 0.3) is 0 Å². The molecule has 1 aromatic carbocycles. The Hall–Kier alpha value is -2.41. The monoisotopic (exact) mass is 488 g/mol. The third-order valence-corrected chi connectivity index (χ3v) is 6.09. The standard InChI is InChI=1S/C29H44O6/c1-19(10-9-11-21(3)26(31)18-27(32)29(5,6)33)14-24(30)15-20(2)12-13-23-17-25(34-7)16-22(4)28(23)35-8/h11-12,14,16-17,26-27,31-33H,9-10,13,15,18H2,1-8H3/b19-14+,20-12+,21-11+. The van der Waals surface area contributed by atoms with E-state index in [9.17, 15) is 20.1 Å². The highest BCUT2D eigenvalue weighted by Crippen LogP contribution is 2.29. The van der Waals surface area contributed by atoms with Crippen LogP contribution in [0.4, 0.5) is 0 Å². The summed E-state index contributed by atoms with van der Waals surface area (Å²) in [4.78, 5) is 12.5. The van der Waals surface area contributed by atoms with Gasteiger partial charge in [0, 0.05) is 18.4 Å². The second-order valence-electron chi connectivity index (χ2n) is 9.93. The van der Waals surface area contributed by atoms with Crippen molar-refractivity contribution in [1.29, 1.82) is 0 Å². The molecule has 1 rings (SSSR count). The number of carbonyl (C=O) groups excluding carboxylic acids is 1. The first-order valence-electron chi connectivity index (χ1n) is 12.1. The number of ether oxygens (including phenoxy) is 2. The minimum Gasteiger partial charge on any atom is -0.497 e. The lowest BCUT2D eigenvalue weighted by Gasteiger charge is -2.26. The van der Waals surface area contributed by atoms with Gasteiger partial charge in [0.05, 0.1) is 32.0 Å². The van der Waals surface area contributed by atoms with Gasteiger partial charge in [0.2, 0.25) is 0 Å². The Morgan fingerprint density at radius 2 is 1.71 bits per heavy atom. The van der Waals surface area contributed by atoms with Crippen LogP contribution in [0.15, 0.2) is 47.1 Å². The van der Waals surface area contributed by atoms with Crippen LogP contribution in [-0.4, -0.2) is 53.1 Å². The van der Waals surface area contributed by atoms with Gasteiger partial charge >= 0.3 is 0 Å². The Labute approximate surface area is 211 Å². The van der Waals surface area contributed by atoms with Crippen LogP contribution in [0, 0.1) is 6.92 Å². The minimum atomic E-state index is -1.26. The van der Waals surface area contributed by atoms with E-state index in [2.05, 4.69) is 0 Å². The number of benzene rings is 1. The Morgan fingerprint density at radius 1 is 1.06 bits per heavy atom. The third-order valence-electron chi connectivity index (χ3n) is 6.09. The summed E-state index contributed by atoms with van der Waals surface area (Å²) >= 11 is 0. The Morgan fingerprint density at radius 3 is 2.29 bits per heavy atom. The molecule has 0 aliphatic rings. The largest absolute Gasteiger partial charge is 0.497 e. The molecule has 6 heteroatoms. The molecule has 1 aromatic rings. The van der Waals surface area contributed by atoms with Gasteiger partial charge in [-0.25, -0.2) is 0 Å². The smallest absolute Gasteiger partial charge is 0.159 e. The summed E-state index contributed by atoms with van der Waals surface area (Å²) in [5.74, 6) is 1.67. The number of aliphatic hydroxyl groups is 3. The molecule has 0 aliphatic heterocycles. The molecule has 0 heterocycles. The van der Waals surface area contributed by atoms with Crippen LogP contribution in [-0.2, 0) is 11.2 Å². The summed E-state index contributed by atoms with van der Waals surface area (Å²) in [6.07, 6.45) is 6.28. The average molecular weight is 489 g/mol. The van der Waals surface area contributed by atoms with Crippen LogP contribution in [0.3, 0.4) is 0 Å². The van der Waals surface area contributed by atoms with Gasteiger partial charge in [-0.3, -0.25) is 4.79 Å². The maximum Gasteiger partial charge on any atom is 0.159 e. The maximum absolute atomic E-state index is 12.5. The van der Waals surface area contributed by atoms with Gasteiger partial charge in [0.15, 0.2) is 5.78 Å². The molecule has 35 heavy (non-hydrogen) atoms. The van der Waals surface area contributed by atoms with Gasteiger partial charge in [0.1, 0.15) is 11.5 Å². The van der Waals surface area contributed by atoms with E-state index in [1.807, 2.05) is 45.1 Å². The molecule has 0 aliphatic carbocycles. The number of rotatable bonds is 14. The van der Waals surface area contributed by atoms with Crippen molar-refractivity contribution in [2.75, 3.05) is 14.2 Å². The number of allylic oxidation sites excluding steroid dienone is 5. The fraction of sp³-hybridized carbons (Fsp3) is 0.552. The van der Waals surface area contributed by atoms with Crippen molar-refractivity contribution < 1.29 is 29.6 Å². The summed E-state index contributed by atoms with van der Waals surface area (Å²) in [7, 11) is 3.30. The SMILES string of the molecule is COc1cc(C)c(OC)c(C/C=C(\C)CC(=O)/C=C(\C)CC/C=C(\C)C(O)CC(O)C(C)(C)O)c1. The van der Waals surface area contributed by atoms with Crippen molar-refractivity contribution >= 4 is 5.78 Å². The van der Waals surface area contributed by atoms with Crippen LogP contribution >= 0.6 is 0 Å². The second kappa shape index (κ2) is 14.2. The Bertz CT molecular complexity index is 933. The van der Waals surface area contributed by atoms with E-state index in [4.69, 9.17) is 9.47 Å². The number of aliphatic hydroxyl groups excluding tert-OH is 2. The van der Waals surface area contributed by atoms with E-state index in [-0.39, 0.29) is 12.2 Å². The van der Waals surface area contributed by atoms with E-state index < -0.39 is 17.8 Å². The maximum atomic E-state index is 12.5. The molecule has 6 nitrogen and oxygen atoms in total. The van der Waals surface area contributed by atoms with Crippen molar-refractivity contribution in [3.63, 3.8) is 0 Å². The second-order valence-corrected chi connectivity index (χ2v) is 9.93. The number of hydrogen-bond acceptors (Lipinski definition) is 6. The predicted octanol–water partition coefficient (Wildman–Crippen LogP) is 5.02. The quantitative estimate of drug-likeness (QED) is 0.251. The van der Waals surface area contributed by atoms with Gasteiger partial charge in [-0.1, -0.05) is 23.3 Å². The predicted molar refractivity (Wildman–Crippen MR) is 141 cm³/mol. The van der Waals surface area contributed by atoms with Crippen LogP contribution in [0.5, 0.6) is 11.5 Å². The number of hydrogen-bond donors (Lipinski definition) is 3. The number of ketones is 1. The van der Waals surface area contributed by atoms with Gasteiger partial charge in [-0.2, -0.15) is 0 Å². The zero-order valence-corrected chi connectivity index (χ0v) is 22.6. The molecule has 2 unspecified atom stereocenters. The number of carbonyl (C=O) groups is 1. The lowest BCUT2D eigenvalue weighted by molar-refractivity contribution is -0.114. The van der Waals surface area contributed by atoms with Gasteiger partial charge in [-0.15, -0.1) is 0 Å². The molecule has 196 valence electrons. The van der Waals surface area contributed by atoms with Crippen LogP contribution in [0.1, 0.15) is 71.4 Å². The molecule has 0 amide bonds. The Kier molecular flexibility index (Phi) is 12.4. The molecule has 2 atom stereocenters. The highest BCUT2D eigenvalue weighted by molar-refractivity contribution is 5.91. The summed E-state index contributed by atoms with van der Waals surface area (Å²) < 4.78 is 10.9. The minimum absolute atomic E-state index is 0.0547. The molecule has 0 saturated carbocycles. The van der Waals surface area contributed by atoms with E-state index in [1.165, 1.54) is 13.8 Å². The number of aryl methyl sites for hydroxylation is 1. The molecule has 0 aromatic heterocycles. The molecule has 0 saturated heterocycles. The normalized spacial score (nSPS) is 15.1. The van der Waals surface area contributed by atoms with Crippen molar-refractivity contribution in [2.24, 2.45) is 0 Å².